The number of nitrogens with zero attached hydrogens (tertiary/aromatic N) is 2. The Morgan fingerprint density at radius 2 is 2.35 bits per heavy atom. The highest BCUT2D eigenvalue weighted by atomic mass is 32.1. The van der Waals surface area contributed by atoms with E-state index < -0.39 is 6.04 Å². The van der Waals surface area contributed by atoms with Crippen molar-refractivity contribution in [3.05, 3.63) is 40.3 Å². The molecule has 7 heteroatoms. The second-order valence-corrected chi connectivity index (χ2v) is 6.70. The van der Waals surface area contributed by atoms with Crippen molar-refractivity contribution in [2.24, 2.45) is 0 Å². The number of thiophene rings is 1. The molecule has 2 N–H and O–H groups in total. The first kappa shape index (κ1) is 15.7. The van der Waals surface area contributed by atoms with Crippen molar-refractivity contribution in [2.75, 3.05) is 6.54 Å². The smallest absolute Gasteiger partial charge is 0.264 e. The monoisotopic (exact) mass is 332 g/mol. The van der Waals surface area contributed by atoms with Gasteiger partial charge in [-0.25, -0.2) is 0 Å². The van der Waals surface area contributed by atoms with Crippen LogP contribution in [-0.2, 0) is 4.79 Å². The summed E-state index contributed by atoms with van der Waals surface area (Å²) in [6.45, 7) is 2.55. The van der Waals surface area contributed by atoms with Crippen molar-refractivity contribution in [1.82, 2.24) is 20.4 Å². The zero-order valence-corrected chi connectivity index (χ0v) is 13.8. The average Bonchev–Trinajstić information content (AvgIpc) is 3.27. The van der Waals surface area contributed by atoms with Crippen LogP contribution in [0.2, 0.25) is 0 Å². The Hall–Kier alpha value is -2.15. The Labute approximate surface area is 138 Å². The standard InChI is InChI=1S/C16H20N4O2S/c1-11(12-9-17-18-10-12)19-15(21)13-5-2-3-7-20(13)16(22)14-6-4-8-23-14/h4,6,8-11,13H,2-3,5,7H2,1H3,(H,17,18)(H,19,21). The molecule has 2 unspecified atom stereocenters. The summed E-state index contributed by atoms with van der Waals surface area (Å²) in [7, 11) is 0. The number of aromatic nitrogens is 2. The van der Waals surface area contributed by atoms with Crippen LogP contribution >= 0.6 is 11.3 Å². The molecule has 2 atom stereocenters. The van der Waals surface area contributed by atoms with Gasteiger partial charge in [-0.1, -0.05) is 6.07 Å². The van der Waals surface area contributed by atoms with Crippen molar-refractivity contribution < 1.29 is 9.59 Å². The normalized spacial score (nSPS) is 19.3. The lowest BCUT2D eigenvalue weighted by Gasteiger charge is -2.35. The Morgan fingerprint density at radius 1 is 1.48 bits per heavy atom. The van der Waals surface area contributed by atoms with Crippen LogP contribution in [0.3, 0.4) is 0 Å². The molecule has 0 aliphatic carbocycles. The minimum Gasteiger partial charge on any atom is -0.348 e. The van der Waals surface area contributed by atoms with Gasteiger partial charge in [0.2, 0.25) is 5.91 Å². The predicted molar refractivity (Wildman–Crippen MR) is 88.1 cm³/mol. The van der Waals surface area contributed by atoms with E-state index in [1.54, 1.807) is 17.3 Å². The number of carbonyl (C=O) groups is 2. The summed E-state index contributed by atoms with van der Waals surface area (Å²) in [5.41, 5.74) is 0.922. The van der Waals surface area contributed by atoms with Gasteiger partial charge in [0, 0.05) is 18.3 Å². The van der Waals surface area contributed by atoms with Crippen LogP contribution in [0.15, 0.2) is 29.9 Å². The van der Waals surface area contributed by atoms with Gasteiger partial charge in [0.15, 0.2) is 0 Å². The molecule has 2 amide bonds. The number of H-pyrrole nitrogens is 1. The Balaban J connectivity index is 1.70. The third kappa shape index (κ3) is 3.44. The number of hydrogen-bond donors (Lipinski definition) is 2. The lowest BCUT2D eigenvalue weighted by molar-refractivity contribution is -0.127. The highest BCUT2D eigenvalue weighted by Crippen LogP contribution is 2.22. The largest absolute Gasteiger partial charge is 0.348 e. The zero-order valence-electron chi connectivity index (χ0n) is 13.0. The van der Waals surface area contributed by atoms with Crippen LogP contribution in [0.25, 0.3) is 0 Å². The SMILES string of the molecule is CC(NC(=O)C1CCCCN1C(=O)c1cccs1)c1cn[nH]c1. The maximum Gasteiger partial charge on any atom is 0.264 e. The summed E-state index contributed by atoms with van der Waals surface area (Å²) in [4.78, 5) is 27.7. The minimum absolute atomic E-state index is 0.0455. The maximum absolute atomic E-state index is 12.7. The lowest BCUT2D eigenvalue weighted by atomic mass is 10.0. The number of nitrogens with one attached hydrogen (secondary N) is 2. The molecule has 3 rings (SSSR count). The van der Waals surface area contributed by atoms with Crippen LogP contribution < -0.4 is 5.32 Å². The summed E-state index contributed by atoms with van der Waals surface area (Å²) in [6.07, 6.45) is 6.08. The second kappa shape index (κ2) is 6.95. The van der Waals surface area contributed by atoms with Crippen LogP contribution in [-0.4, -0.2) is 39.5 Å². The molecule has 2 aromatic heterocycles. The van der Waals surface area contributed by atoms with E-state index in [2.05, 4.69) is 15.5 Å². The first-order chi connectivity index (χ1) is 11.2. The van der Waals surface area contributed by atoms with Crippen LogP contribution in [0, 0.1) is 0 Å². The third-order valence-electron chi connectivity index (χ3n) is 4.18. The van der Waals surface area contributed by atoms with Gasteiger partial charge in [0.25, 0.3) is 5.91 Å². The van der Waals surface area contributed by atoms with Crippen molar-refractivity contribution in [3.63, 3.8) is 0 Å². The molecule has 1 saturated heterocycles. The summed E-state index contributed by atoms with van der Waals surface area (Å²) < 4.78 is 0. The van der Waals surface area contributed by atoms with Crippen molar-refractivity contribution in [1.29, 1.82) is 0 Å². The molecule has 0 bridgehead atoms. The Bertz CT molecular complexity index is 654. The highest BCUT2D eigenvalue weighted by molar-refractivity contribution is 7.12. The van der Waals surface area contributed by atoms with Crippen molar-refractivity contribution in [2.45, 2.75) is 38.3 Å². The van der Waals surface area contributed by atoms with Gasteiger partial charge < -0.3 is 10.2 Å². The molecular formula is C16H20N4O2S. The molecule has 0 spiro atoms. The number of aromatic amines is 1. The molecule has 6 nitrogen and oxygen atoms in total. The van der Waals surface area contributed by atoms with Gasteiger partial charge in [0.1, 0.15) is 6.04 Å². The van der Waals surface area contributed by atoms with Crippen molar-refractivity contribution >= 4 is 23.2 Å². The Kier molecular flexibility index (Phi) is 4.76. The molecule has 2 aromatic rings. The van der Waals surface area contributed by atoms with Gasteiger partial charge in [-0.15, -0.1) is 11.3 Å². The molecule has 0 aromatic carbocycles. The number of rotatable bonds is 4. The molecule has 1 aliphatic heterocycles. The molecule has 23 heavy (non-hydrogen) atoms. The number of piperidine rings is 1. The molecule has 1 aliphatic rings. The van der Waals surface area contributed by atoms with Gasteiger partial charge in [-0.3, -0.25) is 14.7 Å². The van der Waals surface area contributed by atoms with Gasteiger partial charge in [0.05, 0.1) is 17.1 Å². The fourth-order valence-corrected chi connectivity index (χ4v) is 3.56. The van der Waals surface area contributed by atoms with E-state index in [4.69, 9.17) is 0 Å². The number of amides is 2. The van der Waals surface area contributed by atoms with Crippen molar-refractivity contribution in [3.8, 4) is 0 Å². The highest BCUT2D eigenvalue weighted by Gasteiger charge is 2.33. The molecular weight excluding hydrogens is 312 g/mol. The zero-order chi connectivity index (χ0) is 16.2. The number of likely N-dealkylation sites (tertiary alicyclic amines) is 1. The summed E-state index contributed by atoms with van der Waals surface area (Å²) in [6, 6.07) is 3.14. The molecule has 1 fully saturated rings. The minimum atomic E-state index is -0.396. The van der Waals surface area contributed by atoms with Crippen LogP contribution in [0.5, 0.6) is 0 Å². The van der Waals surface area contributed by atoms with E-state index in [0.29, 0.717) is 17.8 Å². The van der Waals surface area contributed by atoms with Gasteiger partial charge in [-0.2, -0.15) is 5.10 Å². The fraction of sp³-hybridized carbons (Fsp3) is 0.438. The fourth-order valence-electron chi connectivity index (χ4n) is 2.88. The van der Waals surface area contributed by atoms with E-state index in [1.165, 1.54) is 11.3 Å². The van der Waals surface area contributed by atoms with E-state index in [0.717, 1.165) is 18.4 Å². The summed E-state index contributed by atoms with van der Waals surface area (Å²) >= 11 is 1.42. The Morgan fingerprint density at radius 3 is 3.04 bits per heavy atom. The van der Waals surface area contributed by atoms with E-state index in [1.807, 2.05) is 24.4 Å². The lowest BCUT2D eigenvalue weighted by Crippen LogP contribution is -2.52. The first-order valence-corrected chi connectivity index (χ1v) is 8.68. The molecule has 3 heterocycles. The van der Waals surface area contributed by atoms with Crippen LogP contribution in [0.4, 0.5) is 0 Å². The third-order valence-corrected chi connectivity index (χ3v) is 5.03. The van der Waals surface area contributed by atoms with E-state index in [9.17, 15) is 9.59 Å². The topological polar surface area (TPSA) is 78.1 Å². The number of carbonyl (C=O) groups excluding carboxylic acids is 2. The average molecular weight is 332 g/mol. The van der Waals surface area contributed by atoms with Gasteiger partial charge in [-0.05, 0) is 37.6 Å². The maximum atomic E-state index is 12.7. The van der Waals surface area contributed by atoms with Crippen LogP contribution in [0.1, 0.15) is 47.5 Å². The summed E-state index contributed by atoms with van der Waals surface area (Å²) in [5, 5.41) is 11.5. The molecule has 122 valence electrons. The van der Waals surface area contributed by atoms with E-state index in [-0.39, 0.29) is 17.9 Å². The van der Waals surface area contributed by atoms with Gasteiger partial charge >= 0.3 is 0 Å². The second-order valence-electron chi connectivity index (χ2n) is 5.75. The molecule has 0 saturated carbocycles. The quantitative estimate of drug-likeness (QED) is 0.902. The van der Waals surface area contributed by atoms with E-state index >= 15 is 0 Å². The number of hydrogen-bond acceptors (Lipinski definition) is 4. The molecule has 0 radical (unpaired) electrons. The summed E-state index contributed by atoms with van der Waals surface area (Å²) in [5.74, 6) is -0.140. The first-order valence-electron chi connectivity index (χ1n) is 7.80. The predicted octanol–water partition coefficient (Wildman–Crippen LogP) is 2.34.